The molecule has 100 valence electrons. The maximum absolute atomic E-state index is 12.9. The quantitative estimate of drug-likeness (QED) is 0.840. The van der Waals surface area contributed by atoms with Gasteiger partial charge < -0.3 is 5.32 Å². The van der Waals surface area contributed by atoms with Crippen LogP contribution in [0.2, 0.25) is 0 Å². The van der Waals surface area contributed by atoms with E-state index in [-0.39, 0.29) is 16.9 Å². The third kappa shape index (κ3) is 4.82. The van der Waals surface area contributed by atoms with Gasteiger partial charge in [-0.15, -0.1) is 0 Å². The average Bonchev–Trinajstić information content (AvgIpc) is 2.12. The molecule has 0 aliphatic rings. The molecular weight excluding hydrogens is 231 g/mol. The van der Waals surface area contributed by atoms with Crippen LogP contribution in [0.3, 0.4) is 0 Å². The van der Waals surface area contributed by atoms with Crippen LogP contribution in [0.15, 0.2) is 18.3 Å². The Morgan fingerprint density at radius 2 is 1.94 bits per heavy atom. The van der Waals surface area contributed by atoms with Gasteiger partial charge in [-0.3, -0.25) is 4.79 Å². The highest BCUT2D eigenvalue weighted by molar-refractivity contribution is 5.94. The van der Waals surface area contributed by atoms with Gasteiger partial charge >= 0.3 is 0 Å². The molecule has 0 aliphatic carbocycles. The van der Waals surface area contributed by atoms with Crippen molar-refractivity contribution in [3.63, 3.8) is 0 Å². The summed E-state index contributed by atoms with van der Waals surface area (Å²) in [5.41, 5.74) is 0.0690. The molecule has 0 radical (unpaired) electrons. The Morgan fingerprint density at radius 3 is 2.44 bits per heavy atom. The third-order valence-corrected chi connectivity index (χ3v) is 2.41. The molecule has 0 aliphatic heterocycles. The van der Waals surface area contributed by atoms with E-state index >= 15 is 0 Å². The van der Waals surface area contributed by atoms with Crippen molar-refractivity contribution in [3.05, 3.63) is 29.8 Å². The van der Waals surface area contributed by atoms with Crippen LogP contribution in [0.4, 0.5) is 4.39 Å². The minimum absolute atomic E-state index is 0.111. The first-order valence-corrected chi connectivity index (χ1v) is 6.03. The molecule has 1 aromatic rings. The molecule has 1 heterocycles. The second-order valence-corrected chi connectivity index (χ2v) is 6.44. The van der Waals surface area contributed by atoms with E-state index in [4.69, 9.17) is 0 Å². The topological polar surface area (TPSA) is 42.0 Å². The summed E-state index contributed by atoms with van der Waals surface area (Å²) in [5, 5.41) is 2.92. The van der Waals surface area contributed by atoms with Crippen LogP contribution in [0, 0.1) is 11.4 Å². The standard InChI is InChI=1S/C14H21FN2O/c1-13(2,3)9-14(4,5)17-12(18)10-6-7-16-11(15)8-10/h6-8H,9H2,1-5H3,(H,17,18). The Hall–Kier alpha value is -1.45. The second kappa shape index (κ2) is 5.04. The lowest BCUT2D eigenvalue weighted by atomic mass is 9.81. The molecule has 0 aromatic carbocycles. The maximum atomic E-state index is 12.9. The average molecular weight is 252 g/mol. The molecule has 1 aromatic heterocycles. The molecule has 1 rings (SSSR count). The number of rotatable bonds is 3. The van der Waals surface area contributed by atoms with Gasteiger partial charge in [0.2, 0.25) is 5.95 Å². The van der Waals surface area contributed by atoms with Gasteiger partial charge in [0.25, 0.3) is 5.91 Å². The van der Waals surface area contributed by atoms with Gasteiger partial charge in [0.1, 0.15) is 0 Å². The van der Waals surface area contributed by atoms with Crippen molar-refractivity contribution in [2.75, 3.05) is 0 Å². The molecule has 3 nitrogen and oxygen atoms in total. The number of hydrogen-bond acceptors (Lipinski definition) is 2. The summed E-state index contributed by atoms with van der Waals surface area (Å²) >= 11 is 0. The zero-order valence-corrected chi connectivity index (χ0v) is 11.7. The van der Waals surface area contributed by atoms with Gasteiger partial charge in [0.05, 0.1) is 0 Å². The van der Waals surface area contributed by atoms with Crippen molar-refractivity contribution in [3.8, 4) is 0 Å². The first kappa shape index (κ1) is 14.6. The van der Waals surface area contributed by atoms with Crippen LogP contribution >= 0.6 is 0 Å². The molecule has 0 saturated heterocycles. The highest BCUT2D eigenvalue weighted by atomic mass is 19.1. The van der Waals surface area contributed by atoms with E-state index in [1.54, 1.807) is 0 Å². The molecule has 1 amide bonds. The molecule has 1 N–H and O–H groups in total. The SMILES string of the molecule is CC(C)(C)CC(C)(C)NC(=O)c1ccnc(F)c1. The monoisotopic (exact) mass is 252 g/mol. The van der Waals surface area contributed by atoms with Crippen molar-refractivity contribution in [1.82, 2.24) is 10.3 Å². The lowest BCUT2D eigenvalue weighted by molar-refractivity contribution is 0.0890. The number of amides is 1. The number of aromatic nitrogens is 1. The molecule has 0 unspecified atom stereocenters. The highest BCUT2D eigenvalue weighted by Crippen LogP contribution is 2.27. The summed E-state index contributed by atoms with van der Waals surface area (Å²) in [7, 11) is 0. The van der Waals surface area contributed by atoms with E-state index in [2.05, 4.69) is 31.1 Å². The number of carbonyl (C=O) groups excluding carboxylic acids is 1. The zero-order valence-electron chi connectivity index (χ0n) is 11.7. The molecule has 0 spiro atoms. The molecule has 4 heteroatoms. The molecule has 18 heavy (non-hydrogen) atoms. The van der Waals surface area contributed by atoms with Crippen molar-refractivity contribution in [1.29, 1.82) is 0 Å². The largest absolute Gasteiger partial charge is 0.347 e. The smallest absolute Gasteiger partial charge is 0.251 e. The van der Waals surface area contributed by atoms with Crippen molar-refractivity contribution < 1.29 is 9.18 Å². The van der Waals surface area contributed by atoms with Crippen molar-refractivity contribution in [2.24, 2.45) is 5.41 Å². The first-order chi connectivity index (χ1) is 8.09. The number of pyridine rings is 1. The van der Waals surface area contributed by atoms with Gasteiger partial charge in [-0.25, -0.2) is 4.98 Å². The van der Waals surface area contributed by atoms with E-state index in [1.165, 1.54) is 12.3 Å². The minimum Gasteiger partial charge on any atom is -0.347 e. The second-order valence-electron chi connectivity index (χ2n) is 6.44. The van der Waals surface area contributed by atoms with Gasteiger partial charge in [-0.05, 0) is 31.7 Å². The predicted molar refractivity (Wildman–Crippen MR) is 69.8 cm³/mol. The van der Waals surface area contributed by atoms with Crippen molar-refractivity contribution >= 4 is 5.91 Å². The van der Waals surface area contributed by atoms with Crippen LogP contribution in [0.25, 0.3) is 0 Å². The molecule has 0 atom stereocenters. The van der Waals surface area contributed by atoms with Gasteiger partial charge in [-0.2, -0.15) is 4.39 Å². The van der Waals surface area contributed by atoms with Gasteiger partial charge in [0.15, 0.2) is 0 Å². The number of carbonyl (C=O) groups is 1. The number of nitrogens with zero attached hydrogens (tertiary/aromatic N) is 1. The maximum Gasteiger partial charge on any atom is 0.251 e. The van der Waals surface area contributed by atoms with E-state index in [9.17, 15) is 9.18 Å². The Bertz CT molecular complexity index is 436. The fourth-order valence-electron chi connectivity index (χ4n) is 2.29. The molecule has 0 bridgehead atoms. The molecule has 0 saturated carbocycles. The number of nitrogens with one attached hydrogen (secondary N) is 1. The fraction of sp³-hybridized carbons (Fsp3) is 0.571. The Balaban J connectivity index is 2.75. The van der Waals surface area contributed by atoms with E-state index in [0.29, 0.717) is 5.56 Å². The normalized spacial score (nSPS) is 12.3. The molecule has 0 fully saturated rings. The zero-order chi connectivity index (χ0) is 14.0. The van der Waals surface area contributed by atoms with Crippen LogP contribution in [-0.4, -0.2) is 16.4 Å². The number of hydrogen-bond donors (Lipinski definition) is 1. The fourth-order valence-corrected chi connectivity index (χ4v) is 2.29. The third-order valence-electron chi connectivity index (χ3n) is 2.41. The van der Waals surface area contributed by atoms with Gasteiger partial charge in [0, 0.05) is 23.4 Å². The lowest BCUT2D eigenvalue weighted by Gasteiger charge is -2.33. The Morgan fingerprint density at radius 1 is 1.33 bits per heavy atom. The van der Waals surface area contributed by atoms with E-state index < -0.39 is 5.95 Å². The summed E-state index contributed by atoms with van der Waals surface area (Å²) in [4.78, 5) is 15.4. The minimum atomic E-state index is -0.642. The Labute approximate surface area is 108 Å². The van der Waals surface area contributed by atoms with Crippen LogP contribution in [0.1, 0.15) is 51.4 Å². The number of halogens is 1. The van der Waals surface area contributed by atoms with Gasteiger partial charge in [-0.1, -0.05) is 20.8 Å². The lowest BCUT2D eigenvalue weighted by Crippen LogP contribution is -2.45. The molecular formula is C14H21FN2O. The van der Waals surface area contributed by atoms with Crippen LogP contribution in [0.5, 0.6) is 0 Å². The summed E-state index contributed by atoms with van der Waals surface area (Å²) in [6.07, 6.45) is 2.13. The predicted octanol–water partition coefficient (Wildman–Crippen LogP) is 3.17. The Kier molecular flexibility index (Phi) is 4.09. The summed E-state index contributed by atoms with van der Waals surface area (Å²) in [5.74, 6) is -0.915. The van der Waals surface area contributed by atoms with E-state index in [1.807, 2.05) is 13.8 Å². The summed E-state index contributed by atoms with van der Waals surface area (Å²) in [6.45, 7) is 10.3. The van der Waals surface area contributed by atoms with Crippen molar-refractivity contribution in [2.45, 2.75) is 46.6 Å². The van der Waals surface area contributed by atoms with E-state index in [0.717, 1.165) is 12.5 Å². The van der Waals surface area contributed by atoms with Crippen LogP contribution < -0.4 is 5.32 Å². The highest BCUT2D eigenvalue weighted by Gasteiger charge is 2.27. The van der Waals surface area contributed by atoms with Crippen LogP contribution in [-0.2, 0) is 0 Å². The summed E-state index contributed by atoms with van der Waals surface area (Å²) < 4.78 is 12.9. The first-order valence-electron chi connectivity index (χ1n) is 6.03. The summed E-state index contributed by atoms with van der Waals surface area (Å²) in [6, 6.07) is 2.65.